The van der Waals surface area contributed by atoms with Gasteiger partial charge in [-0.05, 0) is 41.6 Å². The Balaban J connectivity index is 1.47. The fourth-order valence-electron chi connectivity index (χ4n) is 4.72. The van der Waals surface area contributed by atoms with Crippen LogP contribution in [0.15, 0.2) is 48.5 Å². The van der Waals surface area contributed by atoms with Gasteiger partial charge < -0.3 is 4.74 Å². The Morgan fingerprint density at radius 2 is 1.62 bits per heavy atom. The van der Waals surface area contributed by atoms with Gasteiger partial charge in [-0.15, -0.1) is 0 Å². The van der Waals surface area contributed by atoms with Crippen molar-refractivity contribution in [3.8, 4) is 11.1 Å². The number of hydrogen-bond acceptors (Lipinski definition) is 3. The van der Waals surface area contributed by atoms with Gasteiger partial charge in [0.05, 0.1) is 0 Å². The van der Waals surface area contributed by atoms with Gasteiger partial charge in [-0.3, -0.25) is 9.69 Å². The fourth-order valence-corrected chi connectivity index (χ4v) is 4.72. The van der Waals surface area contributed by atoms with Gasteiger partial charge in [-0.1, -0.05) is 48.5 Å². The highest BCUT2D eigenvalue weighted by atomic mass is 16.5. The molecular formula is C21H21NO2. The van der Waals surface area contributed by atoms with Crippen molar-refractivity contribution in [2.75, 3.05) is 19.6 Å². The molecule has 2 aromatic rings. The summed E-state index contributed by atoms with van der Waals surface area (Å²) in [5, 5.41) is 0. The van der Waals surface area contributed by atoms with E-state index in [4.69, 9.17) is 4.74 Å². The number of esters is 1. The molecule has 3 aliphatic rings. The minimum Gasteiger partial charge on any atom is -0.460 e. The van der Waals surface area contributed by atoms with Crippen LogP contribution < -0.4 is 0 Å². The molecule has 0 radical (unpaired) electrons. The van der Waals surface area contributed by atoms with Gasteiger partial charge in [0.25, 0.3) is 0 Å². The van der Waals surface area contributed by atoms with Crippen LogP contribution >= 0.6 is 0 Å². The molecule has 0 aromatic heterocycles. The maximum absolute atomic E-state index is 13.1. The van der Waals surface area contributed by atoms with Gasteiger partial charge in [-0.25, -0.2) is 0 Å². The largest absolute Gasteiger partial charge is 0.460 e. The summed E-state index contributed by atoms with van der Waals surface area (Å²) in [6, 6.07) is 16.5. The topological polar surface area (TPSA) is 29.5 Å². The zero-order valence-corrected chi connectivity index (χ0v) is 13.7. The van der Waals surface area contributed by atoms with Crippen LogP contribution in [0.1, 0.15) is 29.9 Å². The lowest BCUT2D eigenvalue weighted by atomic mass is 9.96. The molecule has 2 heterocycles. The molecule has 0 amide bonds. The van der Waals surface area contributed by atoms with E-state index in [2.05, 4.69) is 29.2 Å². The normalized spacial score (nSPS) is 27.6. The number of ether oxygens (including phenoxy) is 1. The summed E-state index contributed by atoms with van der Waals surface area (Å²) in [7, 11) is 0. The lowest BCUT2D eigenvalue weighted by Crippen LogP contribution is -2.28. The average Bonchev–Trinajstić information content (AvgIpc) is 3.09. The second kappa shape index (κ2) is 5.45. The van der Waals surface area contributed by atoms with Crippen molar-refractivity contribution in [1.29, 1.82) is 0 Å². The minimum absolute atomic E-state index is 0.0694. The molecule has 5 rings (SSSR count). The molecule has 24 heavy (non-hydrogen) atoms. The van der Waals surface area contributed by atoms with Crippen LogP contribution in [-0.2, 0) is 9.53 Å². The Kier molecular flexibility index (Phi) is 3.23. The summed E-state index contributed by atoms with van der Waals surface area (Å²) in [5.74, 6) is 0.175. The highest BCUT2D eigenvalue weighted by Crippen LogP contribution is 2.45. The van der Waals surface area contributed by atoms with E-state index in [0.717, 1.165) is 30.8 Å². The molecule has 1 aliphatic carbocycles. The lowest BCUT2D eigenvalue weighted by Gasteiger charge is -2.22. The second-order valence-corrected chi connectivity index (χ2v) is 7.24. The molecule has 2 aliphatic heterocycles. The Hall–Kier alpha value is -2.13. The van der Waals surface area contributed by atoms with Crippen LogP contribution in [-0.4, -0.2) is 36.6 Å². The standard InChI is InChI=1S/C21H21NO2/c23-21(24-19-13-22-11-5-6-14(19)12-22)20-17-9-3-1-7-15(17)16-8-2-4-10-18(16)20/h1-4,7-10,14,19-20H,5-6,11-13H2. The van der Waals surface area contributed by atoms with E-state index in [9.17, 15) is 4.79 Å². The highest BCUT2D eigenvalue weighted by molar-refractivity contribution is 5.93. The zero-order chi connectivity index (χ0) is 16.1. The number of benzene rings is 2. The minimum atomic E-state index is -0.271. The number of carbonyl (C=O) groups excluding carboxylic acids is 1. The molecule has 3 atom stereocenters. The molecule has 2 fully saturated rings. The maximum atomic E-state index is 13.1. The van der Waals surface area contributed by atoms with E-state index in [1.807, 2.05) is 24.3 Å². The molecule has 3 heteroatoms. The Morgan fingerprint density at radius 1 is 0.958 bits per heavy atom. The van der Waals surface area contributed by atoms with Crippen molar-refractivity contribution in [2.45, 2.75) is 24.9 Å². The molecule has 3 unspecified atom stereocenters. The number of rotatable bonds is 2. The van der Waals surface area contributed by atoms with E-state index in [1.165, 1.54) is 24.0 Å². The van der Waals surface area contributed by atoms with Crippen LogP contribution in [0.25, 0.3) is 11.1 Å². The van der Waals surface area contributed by atoms with Crippen molar-refractivity contribution in [2.24, 2.45) is 5.92 Å². The van der Waals surface area contributed by atoms with E-state index >= 15 is 0 Å². The predicted molar refractivity (Wildman–Crippen MR) is 92.8 cm³/mol. The third kappa shape index (κ3) is 2.11. The smallest absolute Gasteiger partial charge is 0.318 e. The van der Waals surface area contributed by atoms with E-state index < -0.39 is 0 Å². The lowest BCUT2D eigenvalue weighted by molar-refractivity contribution is -0.150. The Bertz CT molecular complexity index is 754. The predicted octanol–water partition coefficient (Wildman–Crippen LogP) is 3.44. The molecule has 3 nitrogen and oxygen atoms in total. The number of carbonyl (C=O) groups is 1. The van der Waals surface area contributed by atoms with Gasteiger partial charge in [0.15, 0.2) is 0 Å². The summed E-state index contributed by atoms with van der Waals surface area (Å²) in [6.07, 6.45) is 2.49. The summed E-state index contributed by atoms with van der Waals surface area (Å²) in [5.41, 5.74) is 4.52. The number of fused-ring (bicyclic) bond motifs is 5. The quantitative estimate of drug-likeness (QED) is 0.794. The van der Waals surface area contributed by atoms with Gasteiger partial charge in [0.1, 0.15) is 12.0 Å². The molecule has 0 spiro atoms. The van der Waals surface area contributed by atoms with Crippen LogP contribution in [0.3, 0.4) is 0 Å². The number of nitrogens with zero attached hydrogens (tertiary/aromatic N) is 1. The first-order chi connectivity index (χ1) is 11.8. The first-order valence-corrected chi connectivity index (χ1v) is 8.92. The Labute approximate surface area is 142 Å². The van der Waals surface area contributed by atoms with Crippen molar-refractivity contribution < 1.29 is 9.53 Å². The van der Waals surface area contributed by atoms with E-state index in [1.54, 1.807) is 0 Å². The molecule has 2 bridgehead atoms. The fraction of sp³-hybridized carbons (Fsp3) is 0.381. The summed E-state index contributed by atoms with van der Waals surface area (Å²) in [6.45, 7) is 3.15. The van der Waals surface area contributed by atoms with E-state index in [-0.39, 0.29) is 18.0 Å². The summed E-state index contributed by atoms with van der Waals surface area (Å²) in [4.78, 5) is 15.5. The first kappa shape index (κ1) is 14.2. The molecule has 2 saturated heterocycles. The monoisotopic (exact) mass is 319 g/mol. The average molecular weight is 319 g/mol. The summed E-state index contributed by atoms with van der Waals surface area (Å²) < 4.78 is 6.04. The second-order valence-electron chi connectivity index (χ2n) is 7.24. The van der Waals surface area contributed by atoms with Gasteiger partial charge in [0, 0.05) is 19.0 Å². The van der Waals surface area contributed by atoms with Crippen molar-refractivity contribution >= 4 is 5.97 Å². The molecule has 122 valence electrons. The Morgan fingerprint density at radius 3 is 2.29 bits per heavy atom. The number of piperidine rings is 1. The van der Waals surface area contributed by atoms with Crippen molar-refractivity contribution in [3.05, 3.63) is 59.7 Å². The maximum Gasteiger partial charge on any atom is 0.318 e. The first-order valence-electron chi connectivity index (χ1n) is 8.92. The zero-order valence-electron chi connectivity index (χ0n) is 13.7. The summed E-state index contributed by atoms with van der Waals surface area (Å²) >= 11 is 0. The molecular weight excluding hydrogens is 298 g/mol. The third-order valence-electron chi connectivity index (χ3n) is 5.84. The van der Waals surface area contributed by atoms with Crippen molar-refractivity contribution in [1.82, 2.24) is 4.90 Å². The van der Waals surface area contributed by atoms with E-state index in [0.29, 0.717) is 5.92 Å². The molecule has 0 N–H and O–H groups in total. The number of hydrogen-bond donors (Lipinski definition) is 0. The van der Waals surface area contributed by atoms with Crippen LogP contribution in [0.4, 0.5) is 0 Å². The highest BCUT2D eigenvalue weighted by Gasteiger charge is 2.41. The van der Waals surface area contributed by atoms with Gasteiger partial charge in [-0.2, -0.15) is 0 Å². The van der Waals surface area contributed by atoms with Crippen LogP contribution in [0.5, 0.6) is 0 Å². The van der Waals surface area contributed by atoms with Gasteiger partial charge >= 0.3 is 5.97 Å². The molecule has 2 aromatic carbocycles. The third-order valence-corrected chi connectivity index (χ3v) is 5.84. The van der Waals surface area contributed by atoms with Crippen LogP contribution in [0, 0.1) is 5.92 Å². The van der Waals surface area contributed by atoms with Gasteiger partial charge in [0.2, 0.25) is 0 Å². The molecule has 0 saturated carbocycles. The SMILES string of the molecule is O=C(OC1CN2CCCC1C2)C1c2ccccc2-c2ccccc21. The van der Waals surface area contributed by atoms with Crippen LogP contribution in [0.2, 0.25) is 0 Å². The van der Waals surface area contributed by atoms with Crippen molar-refractivity contribution in [3.63, 3.8) is 0 Å².